The van der Waals surface area contributed by atoms with Gasteiger partial charge < -0.3 is 5.32 Å². The maximum Gasteiger partial charge on any atom is 0.254 e. The van der Waals surface area contributed by atoms with Crippen LogP contribution >= 0.6 is 0 Å². The lowest BCUT2D eigenvalue weighted by atomic mass is 10.1. The lowest BCUT2D eigenvalue weighted by Crippen LogP contribution is -2.25. The number of carbonyl (C=O) groups is 1. The van der Waals surface area contributed by atoms with E-state index in [2.05, 4.69) is 21.5 Å². The fraction of sp³-hybridized carbons (Fsp3) is 0.211. The molecule has 1 amide bonds. The highest BCUT2D eigenvalue weighted by Crippen LogP contribution is 2.46. The van der Waals surface area contributed by atoms with E-state index in [1.54, 1.807) is 23.3 Å². The van der Waals surface area contributed by atoms with E-state index in [-0.39, 0.29) is 5.91 Å². The Morgan fingerprint density at radius 1 is 1.17 bits per heavy atom. The molecule has 1 aliphatic rings. The smallest absolute Gasteiger partial charge is 0.254 e. The third kappa shape index (κ3) is 3.06. The predicted octanol–water partition coefficient (Wildman–Crippen LogP) is 2.80. The van der Waals surface area contributed by atoms with E-state index < -0.39 is 0 Å². The molecule has 0 aliphatic heterocycles. The van der Waals surface area contributed by atoms with Crippen LogP contribution in [0, 0.1) is 5.92 Å². The average molecular weight is 318 g/mol. The van der Waals surface area contributed by atoms with Crippen molar-refractivity contribution in [1.82, 2.24) is 20.1 Å². The highest BCUT2D eigenvalue weighted by Gasteiger charge is 2.38. The molecule has 5 nitrogen and oxygen atoms in total. The van der Waals surface area contributed by atoms with Gasteiger partial charge in [0.25, 0.3) is 5.91 Å². The van der Waals surface area contributed by atoms with Crippen LogP contribution in [-0.4, -0.2) is 27.2 Å². The quantitative estimate of drug-likeness (QED) is 0.787. The zero-order valence-corrected chi connectivity index (χ0v) is 13.2. The van der Waals surface area contributed by atoms with Gasteiger partial charge in [-0.25, -0.2) is 4.68 Å². The number of benzene rings is 1. The molecular formula is C19H18N4O. The molecule has 1 aliphatic carbocycles. The average Bonchev–Trinajstić information content (AvgIpc) is 3.25. The maximum absolute atomic E-state index is 12.3. The van der Waals surface area contributed by atoms with Crippen LogP contribution in [0.15, 0.2) is 67.3 Å². The number of rotatable bonds is 5. The van der Waals surface area contributed by atoms with E-state index in [1.165, 1.54) is 5.56 Å². The van der Waals surface area contributed by atoms with Crippen LogP contribution < -0.4 is 5.32 Å². The molecule has 0 radical (unpaired) electrons. The van der Waals surface area contributed by atoms with Crippen molar-refractivity contribution in [2.24, 2.45) is 5.92 Å². The molecule has 120 valence electrons. The normalized spacial score (nSPS) is 19.0. The Hall–Kier alpha value is -2.95. The second kappa shape index (κ2) is 6.28. The Morgan fingerprint density at radius 2 is 2.04 bits per heavy atom. The number of carbonyl (C=O) groups excluding carboxylic acids is 1. The summed E-state index contributed by atoms with van der Waals surface area (Å²) in [7, 11) is 0. The van der Waals surface area contributed by atoms with Crippen LogP contribution in [0.3, 0.4) is 0 Å². The number of nitrogens with one attached hydrogen (secondary N) is 1. The fourth-order valence-corrected chi connectivity index (χ4v) is 2.96. The third-order valence-corrected chi connectivity index (χ3v) is 4.43. The van der Waals surface area contributed by atoms with Crippen molar-refractivity contribution in [3.8, 4) is 5.69 Å². The van der Waals surface area contributed by atoms with Crippen molar-refractivity contribution in [3.05, 3.63) is 78.4 Å². The van der Waals surface area contributed by atoms with Gasteiger partial charge in [-0.1, -0.05) is 24.3 Å². The van der Waals surface area contributed by atoms with E-state index in [0.29, 0.717) is 23.9 Å². The SMILES string of the molecule is O=C(NC[C@@H]1C[C@H]1c1cccnc1)c1cnn(-c2ccccc2)c1. The molecule has 5 heteroatoms. The molecular weight excluding hydrogens is 300 g/mol. The molecule has 2 aromatic heterocycles. The lowest BCUT2D eigenvalue weighted by molar-refractivity contribution is 0.0951. The van der Waals surface area contributed by atoms with Gasteiger partial charge in [-0.2, -0.15) is 5.10 Å². The highest BCUT2D eigenvalue weighted by molar-refractivity contribution is 5.93. The summed E-state index contributed by atoms with van der Waals surface area (Å²) < 4.78 is 1.71. The molecule has 0 unspecified atom stereocenters. The molecule has 2 heterocycles. The molecule has 3 aromatic rings. The van der Waals surface area contributed by atoms with Crippen LogP contribution in [0.25, 0.3) is 5.69 Å². The number of hydrogen-bond donors (Lipinski definition) is 1. The van der Waals surface area contributed by atoms with Gasteiger partial charge in [-0.3, -0.25) is 9.78 Å². The first kappa shape index (κ1) is 14.6. The molecule has 24 heavy (non-hydrogen) atoms. The van der Waals surface area contributed by atoms with E-state index in [4.69, 9.17) is 0 Å². The van der Waals surface area contributed by atoms with Crippen molar-refractivity contribution in [2.75, 3.05) is 6.54 Å². The molecule has 0 saturated heterocycles. The molecule has 2 atom stereocenters. The minimum absolute atomic E-state index is 0.0750. The monoisotopic (exact) mass is 318 g/mol. The highest BCUT2D eigenvalue weighted by atomic mass is 16.1. The summed E-state index contributed by atoms with van der Waals surface area (Å²) in [6.45, 7) is 0.689. The standard InChI is InChI=1S/C19H18N4O/c24-19(16-12-22-23(13-16)17-6-2-1-3-7-17)21-11-15-9-18(15)14-5-4-8-20-10-14/h1-8,10,12-13,15,18H,9,11H2,(H,21,24)/t15-,18-/m0/s1. The van der Waals surface area contributed by atoms with Crippen LogP contribution in [-0.2, 0) is 0 Å². The molecule has 0 spiro atoms. The summed E-state index contributed by atoms with van der Waals surface area (Å²) in [6.07, 6.45) is 8.17. The second-order valence-electron chi connectivity index (χ2n) is 6.11. The second-order valence-corrected chi connectivity index (χ2v) is 6.11. The minimum Gasteiger partial charge on any atom is -0.352 e. The van der Waals surface area contributed by atoms with Crippen molar-refractivity contribution in [1.29, 1.82) is 0 Å². The molecule has 1 aromatic carbocycles. The number of para-hydroxylation sites is 1. The Balaban J connectivity index is 1.34. The number of nitrogens with zero attached hydrogens (tertiary/aromatic N) is 3. The maximum atomic E-state index is 12.3. The molecule has 1 saturated carbocycles. The van der Waals surface area contributed by atoms with Crippen LogP contribution in [0.1, 0.15) is 28.3 Å². The summed E-state index contributed by atoms with van der Waals surface area (Å²) in [5.41, 5.74) is 2.78. The van der Waals surface area contributed by atoms with Crippen LogP contribution in [0.4, 0.5) is 0 Å². The Labute approximate surface area is 140 Å². The molecule has 0 bridgehead atoms. The van der Waals surface area contributed by atoms with E-state index in [0.717, 1.165) is 12.1 Å². The summed E-state index contributed by atoms with van der Waals surface area (Å²) in [6, 6.07) is 13.8. The van der Waals surface area contributed by atoms with Gasteiger partial charge >= 0.3 is 0 Å². The molecule has 1 N–H and O–H groups in total. The van der Waals surface area contributed by atoms with Crippen LogP contribution in [0.2, 0.25) is 0 Å². The Kier molecular flexibility index (Phi) is 3.83. The van der Waals surface area contributed by atoms with Gasteiger partial charge in [0.1, 0.15) is 0 Å². The van der Waals surface area contributed by atoms with Crippen molar-refractivity contribution >= 4 is 5.91 Å². The topological polar surface area (TPSA) is 59.8 Å². The number of amides is 1. The van der Waals surface area contributed by atoms with Crippen molar-refractivity contribution in [2.45, 2.75) is 12.3 Å². The van der Waals surface area contributed by atoms with Gasteiger partial charge in [0.05, 0.1) is 17.4 Å². The zero-order valence-electron chi connectivity index (χ0n) is 13.2. The lowest BCUT2D eigenvalue weighted by Gasteiger charge is -2.03. The first-order valence-corrected chi connectivity index (χ1v) is 8.09. The van der Waals surface area contributed by atoms with Gasteiger partial charge in [-0.05, 0) is 42.0 Å². The predicted molar refractivity (Wildman–Crippen MR) is 91.0 cm³/mol. The van der Waals surface area contributed by atoms with Crippen molar-refractivity contribution in [3.63, 3.8) is 0 Å². The molecule has 4 rings (SSSR count). The summed E-state index contributed by atoms with van der Waals surface area (Å²) in [4.78, 5) is 16.4. The van der Waals surface area contributed by atoms with Gasteiger partial charge in [0, 0.05) is 25.1 Å². The van der Waals surface area contributed by atoms with E-state index in [9.17, 15) is 4.79 Å². The Bertz CT molecular complexity index is 829. The van der Waals surface area contributed by atoms with Crippen molar-refractivity contribution < 1.29 is 4.79 Å². The van der Waals surface area contributed by atoms with E-state index in [1.807, 2.05) is 42.6 Å². The number of aromatic nitrogens is 3. The summed E-state index contributed by atoms with van der Waals surface area (Å²) >= 11 is 0. The summed E-state index contributed by atoms with van der Waals surface area (Å²) in [5, 5.41) is 7.27. The largest absolute Gasteiger partial charge is 0.352 e. The van der Waals surface area contributed by atoms with E-state index >= 15 is 0 Å². The first-order chi connectivity index (χ1) is 11.8. The number of pyridine rings is 1. The fourth-order valence-electron chi connectivity index (χ4n) is 2.96. The molecule has 1 fully saturated rings. The van der Waals surface area contributed by atoms with Crippen LogP contribution in [0.5, 0.6) is 0 Å². The Morgan fingerprint density at radius 3 is 2.83 bits per heavy atom. The van der Waals surface area contributed by atoms with Gasteiger partial charge in [0.2, 0.25) is 0 Å². The number of hydrogen-bond acceptors (Lipinski definition) is 3. The zero-order chi connectivity index (χ0) is 16.4. The minimum atomic E-state index is -0.0750. The first-order valence-electron chi connectivity index (χ1n) is 8.09. The van der Waals surface area contributed by atoms with Gasteiger partial charge in [-0.15, -0.1) is 0 Å². The van der Waals surface area contributed by atoms with Gasteiger partial charge in [0.15, 0.2) is 0 Å². The summed E-state index contributed by atoms with van der Waals surface area (Å²) in [5.74, 6) is 0.947. The third-order valence-electron chi connectivity index (χ3n) is 4.43.